The maximum Gasteiger partial charge on any atom is 0.408 e. The molecule has 0 spiro atoms. The number of alkyl carbamates (subject to hydrolysis) is 1. The molecule has 6 heteroatoms. The lowest BCUT2D eigenvalue weighted by atomic mass is 9.95. The van der Waals surface area contributed by atoms with Gasteiger partial charge in [0.05, 0.1) is 11.7 Å². The van der Waals surface area contributed by atoms with Crippen LogP contribution in [0.5, 0.6) is 0 Å². The molecule has 1 N–H and O–H groups in total. The van der Waals surface area contributed by atoms with Crippen LogP contribution in [0, 0.1) is 0 Å². The molecule has 0 heterocycles. The number of ether oxygens (including phenoxy) is 3. The summed E-state index contributed by atoms with van der Waals surface area (Å²) in [5.74, 6) is -0.696. The lowest BCUT2D eigenvalue weighted by molar-refractivity contribution is -0.161. The average Bonchev–Trinajstić information content (AvgIpc) is 3.08. The van der Waals surface area contributed by atoms with Gasteiger partial charge < -0.3 is 19.5 Å². The largest absolute Gasteiger partial charge is 0.460 e. The van der Waals surface area contributed by atoms with Gasteiger partial charge in [0.1, 0.15) is 13.2 Å². The molecular weight excluding hydrogens is 418 g/mol. The Balaban J connectivity index is 1.75. The van der Waals surface area contributed by atoms with Gasteiger partial charge in [-0.15, -0.1) is 0 Å². The fourth-order valence-corrected chi connectivity index (χ4v) is 4.10. The number of rotatable bonds is 8. The topological polar surface area (TPSA) is 73.9 Å². The molecule has 0 saturated carbocycles. The standard InChI is InChI=1S/C27H33NO5/c1-7-16-31-24(29)27(6,18(2)33-26(3,4)5)28-25(30)32-17-23-21-14-10-8-12-19(21)20-13-9-11-15-22(20)23/h7-15,18,23H,1,16-17H2,2-6H3,(H,28,30). The Morgan fingerprint density at radius 3 is 2.06 bits per heavy atom. The van der Waals surface area contributed by atoms with E-state index < -0.39 is 29.3 Å². The molecule has 1 aliphatic carbocycles. The maximum absolute atomic E-state index is 12.9. The predicted octanol–water partition coefficient (Wildman–Crippen LogP) is 5.22. The first-order valence-electron chi connectivity index (χ1n) is 11.2. The van der Waals surface area contributed by atoms with E-state index in [2.05, 4.69) is 36.2 Å². The molecule has 2 unspecified atom stereocenters. The highest BCUT2D eigenvalue weighted by Gasteiger charge is 2.45. The highest BCUT2D eigenvalue weighted by molar-refractivity contribution is 5.86. The molecule has 1 amide bonds. The number of carbonyl (C=O) groups excluding carboxylic acids is 2. The summed E-state index contributed by atoms with van der Waals surface area (Å²) in [5, 5.41) is 2.70. The molecule has 0 aliphatic heterocycles. The van der Waals surface area contributed by atoms with Crippen LogP contribution in [0.3, 0.4) is 0 Å². The third-order valence-corrected chi connectivity index (χ3v) is 5.81. The molecule has 33 heavy (non-hydrogen) atoms. The van der Waals surface area contributed by atoms with E-state index in [9.17, 15) is 9.59 Å². The van der Waals surface area contributed by atoms with Crippen LogP contribution in [0.4, 0.5) is 4.79 Å². The minimum absolute atomic E-state index is 0.0308. The Bertz CT molecular complexity index is 980. The number of hydrogen-bond donors (Lipinski definition) is 1. The molecule has 2 aromatic rings. The first-order chi connectivity index (χ1) is 15.6. The first-order valence-corrected chi connectivity index (χ1v) is 11.2. The van der Waals surface area contributed by atoms with Crippen LogP contribution >= 0.6 is 0 Å². The molecule has 176 valence electrons. The Labute approximate surface area is 195 Å². The zero-order chi connectivity index (χ0) is 24.2. The van der Waals surface area contributed by atoms with Crippen molar-refractivity contribution in [3.05, 3.63) is 72.3 Å². The van der Waals surface area contributed by atoms with Crippen molar-refractivity contribution in [2.45, 2.75) is 57.8 Å². The van der Waals surface area contributed by atoms with Gasteiger partial charge in [-0.25, -0.2) is 9.59 Å². The van der Waals surface area contributed by atoms with E-state index in [4.69, 9.17) is 14.2 Å². The van der Waals surface area contributed by atoms with E-state index in [0.717, 1.165) is 22.3 Å². The Morgan fingerprint density at radius 2 is 1.55 bits per heavy atom. The number of nitrogens with one attached hydrogen (secondary N) is 1. The SMILES string of the molecule is C=CCOC(=O)C(C)(NC(=O)OCC1c2ccccc2-c2ccccc21)C(C)OC(C)(C)C. The number of fused-ring (bicyclic) bond motifs is 3. The fourth-order valence-electron chi connectivity index (χ4n) is 4.10. The fraction of sp³-hybridized carbons (Fsp3) is 0.407. The molecule has 0 saturated heterocycles. The van der Waals surface area contributed by atoms with Gasteiger partial charge >= 0.3 is 12.1 Å². The third kappa shape index (κ3) is 5.45. The molecule has 0 aromatic heterocycles. The van der Waals surface area contributed by atoms with E-state index in [1.165, 1.54) is 6.08 Å². The summed E-state index contributed by atoms with van der Waals surface area (Å²) in [6.45, 7) is 12.7. The molecule has 0 fully saturated rings. The lowest BCUT2D eigenvalue weighted by Gasteiger charge is -2.37. The van der Waals surface area contributed by atoms with Crippen LogP contribution in [0.2, 0.25) is 0 Å². The molecule has 0 bridgehead atoms. The summed E-state index contributed by atoms with van der Waals surface area (Å²) >= 11 is 0. The lowest BCUT2D eigenvalue weighted by Crippen LogP contribution is -2.61. The van der Waals surface area contributed by atoms with Gasteiger partial charge in [0, 0.05) is 5.92 Å². The summed E-state index contributed by atoms with van der Waals surface area (Å²) < 4.78 is 16.9. The van der Waals surface area contributed by atoms with Crippen LogP contribution in [-0.4, -0.2) is 42.5 Å². The monoisotopic (exact) mass is 451 g/mol. The second kappa shape index (κ2) is 9.79. The molecule has 0 radical (unpaired) electrons. The predicted molar refractivity (Wildman–Crippen MR) is 128 cm³/mol. The van der Waals surface area contributed by atoms with Crippen molar-refractivity contribution in [3.8, 4) is 11.1 Å². The van der Waals surface area contributed by atoms with Crippen molar-refractivity contribution in [2.75, 3.05) is 13.2 Å². The number of hydrogen-bond acceptors (Lipinski definition) is 5. The number of benzene rings is 2. The quantitative estimate of drug-likeness (QED) is 0.440. The molecule has 3 rings (SSSR count). The second-order valence-corrected chi connectivity index (χ2v) is 9.41. The Morgan fingerprint density at radius 1 is 1.00 bits per heavy atom. The highest BCUT2D eigenvalue weighted by atomic mass is 16.6. The van der Waals surface area contributed by atoms with E-state index >= 15 is 0 Å². The summed E-state index contributed by atoms with van der Waals surface area (Å²) in [4.78, 5) is 25.7. The van der Waals surface area contributed by atoms with E-state index in [1.54, 1.807) is 13.8 Å². The normalized spacial score (nSPS) is 15.5. The highest BCUT2D eigenvalue weighted by Crippen LogP contribution is 2.44. The maximum atomic E-state index is 12.9. The van der Waals surface area contributed by atoms with Gasteiger partial charge in [-0.1, -0.05) is 61.2 Å². The van der Waals surface area contributed by atoms with Gasteiger partial charge in [0.15, 0.2) is 5.54 Å². The summed E-state index contributed by atoms with van der Waals surface area (Å²) in [5.41, 5.74) is 2.55. The van der Waals surface area contributed by atoms with Crippen molar-refractivity contribution >= 4 is 12.1 Å². The molecular formula is C27H33NO5. The molecule has 2 aromatic carbocycles. The van der Waals surface area contributed by atoms with Crippen molar-refractivity contribution in [3.63, 3.8) is 0 Å². The van der Waals surface area contributed by atoms with Crippen molar-refractivity contribution < 1.29 is 23.8 Å². The molecule has 2 atom stereocenters. The van der Waals surface area contributed by atoms with E-state index in [1.807, 2.05) is 45.0 Å². The van der Waals surface area contributed by atoms with Crippen LogP contribution in [0.1, 0.15) is 51.7 Å². The van der Waals surface area contributed by atoms with Crippen molar-refractivity contribution in [1.29, 1.82) is 0 Å². The minimum atomic E-state index is -1.45. The van der Waals surface area contributed by atoms with Crippen LogP contribution < -0.4 is 5.32 Å². The average molecular weight is 452 g/mol. The Hall–Kier alpha value is -3.12. The third-order valence-electron chi connectivity index (χ3n) is 5.81. The zero-order valence-corrected chi connectivity index (χ0v) is 20.0. The van der Waals surface area contributed by atoms with Gasteiger partial charge in [-0.3, -0.25) is 0 Å². The second-order valence-electron chi connectivity index (χ2n) is 9.41. The summed E-state index contributed by atoms with van der Waals surface area (Å²) in [6.07, 6.45) is 0.0931. The van der Waals surface area contributed by atoms with Crippen LogP contribution in [0.15, 0.2) is 61.2 Å². The van der Waals surface area contributed by atoms with Crippen LogP contribution in [-0.2, 0) is 19.0 Å². The molecule has 6 nitrogen and oxygen atoms in total. The summed E-state index contributed by atoms with van der Waals surface area (Å²) in [6, 6.07) is 16.2. The number of carbonyl (C=O) groups is 2. The van der Waals surface area contributed by atoms with Crippen LogP contribution in [0.25, 0.3) is 11.1 Å². The van der Waals surface area contributed by atoms with Gasteiger partial charge in [-0.05, 0) is 56.9 Å². The van der Waals surface area contributed by atoms with Gasteiger partial charge in [-0.2, -0.15) is 0 Å². The molecule has 1 aliphatic rings. The van der Waals surface area contributed by atoms with E-state index in [-0.39, 0.29) is 19.1 Å². The van der Waals surface area contributed by atoms with Gasteiger partial charge in [0.2, 0.25) is 0 Å². The minimum Gasteiger partial charge on any atom is -0.460 e. The van der Waals surface area contributed by atoms with Crippen molar-refractivity contribution in [1.82, 2.24) is 5.32 Å². The van der Waals surface area contributed by atoms with Gasteiger partial charge in [0.25, 0.3) is 0 Å². The first kappa shape index (κ1) is 24.5. The number of esters is 1. The number of amides is 1. The summed E-state index contributed by atoms with van der Waals surface area (Å²) in [7, 11) is 0. The van der Waals surface area contributed by atoms with E-state index in [0.29, 0.717) is 0 Å². The smallest absolute Gasteiger partial charge is 0.408 e. The van der Waals surface area contributed by atoms with Crippen molar-refractivity contribution in [2.24, 2.45) is 0 Å². The zero-order valence-electron chi connectivity index (χ0n) is 20.0. The Kier molecular flexibility index (Phi) is 7.28.